The minimum atomic E-state index is -1.12. The lowest BCUT2D eigenvalue weighted by atomic mass is 10.2. The largest absolute Gasteiger partial charge is 0.464 e. The minimum Gasteiger partial charge on any atom is -0.464 e. The molecule has 2 heterocycles. The average Bonchev–Trinajstić information content (AvgIpc) is 2.85. The lowest BCUT2D eigenvalue weighted by Crippen LogP contribution is -2.09. The predicted molar refractivity (Wildman–Crippen MR) is 78.1 cm³/mol. The second-order valence-electron chi connectivity index (χ2n) is 4.53. The van der Waals surface area contributed by atoms with Crippen LogP contribution in [0.1, 0.15) is 0 Å². The Bertz CT molecular complexity index is 825. The van der Waals surface area contributed by atoms with Crippen LogP contribution in [-0.2, 0) is 0 Å². The molecule has 0 fully saturated rings. The molecular formula is C15H12FN3O2. The first-order valence-corrected chi connectivity index (χ1v) is 6.28. The molecule has 0 saturated carbocycles. The van der Waals surface area contributed by atoms with Gasteiger partial charge in [0.1, 0.15) is 11.6 Å². The van der Waals surface area contributed by atoms with E-state index in [-0.39, 0.29) is 0 Å². The third-order valence-corrected chi connectivity index (χ3v) is 3.27. The first-order valence-electron chi connectivity index (χ1n) is 6.28. The topological polar surface area (TPSA) is 67.2 Å². The molecule has 0 atom stereocenters. The summed E-state index contributed by atoms with van der Waals surface area (Å²) in [5.41, 5.74) is 1.54. The van der Waals surface area contributed by atoms with Crippen LogP contribution < -0.4 is 5.32 Å². The summed E-state index contributed by atoms with van der Waals surface area (Å²) in [5.74, 6) is 0.281. The highest BCUT2D eigenvalue weighted by atomic mass is 19.1. The predicted octanol–water partition coefficient (Wildman–Crippen LogP) is 3.41. The normalized spacial score (nSPS) is 10.8. The Morgan fingerprint density at radius 3 is 2.71 bits per heavy atom. The standard InChI is InChI=1S/C15H12FN3O2/c1-17-14-5-2-9(8-18-14)13-7-10-6-11(16)3-4-12(10)19(13)15(20)21/h2-8H,1H3,(H,17,18)(H,20,21). The van der Waals surface area contributed by atoms with E-state index < -0.39 is 11.9 Å². The first-order chi connectivity index (χ1) is 10.1. The van der Waals surface area contributed by atoms with Crippen LogP contribution in [0, 0.1) is 5.82 Å². The maximum absolute atomic E-state index is 13.3. The number of nitrogens with zero attached hydrogens (tertiary/aromatic N) is 2. The van der Waals surface area contributed by atoms with Crippen LogP contribution >= 0.6 is 0 Å². The van der Waals surface area contributed by atoms with Crippen molar-refractivity contribution in [2.75, 3.05) is 12.4 Å². The average molecular weight is 285 g/mol. The van der Waals surface area contributed by atoms with Gasteiger partial charge in [0, 0.05) is 24.2 Å². The van der Waals surface area contributed by atoms with Crippen LogP contribution in [0.25, 0.3) is 22.2 Å². The second-order valence-corrected chi connectivity index (χ2v) is 4.53. The number of nitrogens with one attached hydrogen (secondary N) is 1. The van der Waals surface area contributed by atoms with E-state index in [4.69, 9.17) is 0 Å². The number of anilines is 1. The molecule has 3 rings (SSSR count). The fourth-order valence-corrected chi connectivity index (χ4v) is 2.30. The highest BCUT2D eigenvalue weighted by molar-refractivity contribution is 5.95. The number of hydrogen-bond acceptors (Lipinski definition) is 3. The molecule has 0 saturated heterocycles. The fraction of sp³-hybridized carbons (Fsp3) is 0.0667. The Labute approximate surface area is 119 Å². The zero-order valence-electron chi connectivity index (χ0n) is 11.2. The van der Waals surface area contributed by atoms with Gasteiger partial charge in [0.15, 0.2) is 0 Å². The monoisotopic (exact) mass is 285 g/mol. The maximum atomic E-state index is 13.3. The molecule has 0 spiro atoms. The molecule has 3 aromatic rings. The van der Waals surface area contributed by atoms with E-state index in [1.54, 1.807) is 31.4 Å². The lowest BCUT2D eigenvalue weighted by molar-refractivity contribution is 0.198. The lowest BCUT2D eigenvalue weighted by Gasteiger charge is -2.06. The number of carbonyl (C=O) groups is 1. The van der Waals surface area contributed by atoms with Gasteiger partial charge in [0.2, 0.25) is 0 Å². The molecule has 0 bridgehead atoms. The molecular weight excluding hydrogens is 273 g/mol. The van der Waals surface area contributed by atoms with E-state index in [1.165, 1.54) is 18.2 Å². The number of benzene rings is 1. The van der Waals surface area contributed by atoms with Crippen molar-refractivity contribution in [3.05, 3.63) is 48.4 Å². The molecule has 0 amide bonds. The number of halogens is 1. The summed E-state index contributed by atoms with van der Waals surface area (Å²) in [6.45, 7) is 0. The smallest absolute Gasteiger partial charge is 0.416 e. The van der Waals surface area contributed by atoms with Crippen molar-refractivity contribution in [2.45, 2.75) is 0 Å². The molecule has 0 aliphatic heterocycles. The molecule has 21 heavy (non-hydrogen) atoms. The fourth-order valence-electron chi connectivity index (χ4n) is 2.30. The first kappa shape index (κ1) is 13.1. The highest BCUT2D eigenvalue weighted by Crippen LogP contribution is 2.28. The van der Waals surface area contributed by atoms with Gasteiger partial charge in [0.25, 0.3) is 0 Å². The molecule has 0 aliphatic carbocycles. The molecule has 5 nitrogen and oxygen atoms in total. The zero-order chi connectivity index (χ0) is 15.0. The number of carboxylic acid groups (broad SMARTS) is 1. The number of fused-ring (bicyclic) bond motifs is 1. The molecule has 0 radical (unpaired) electrons. The van der Waals surface area contributed by atoms with Crippen LogP contribution in [0.2, 0.25) is 0 Å². The summed E-state index contributed by atoms with van der Waals surface area (Å²) in [6.07, 6.45) is 0.458. The van der Waals surface area contributed by atoms with Crippen molar-refractivity contribution in [3.63, 3.8) is 0 Å². The van der Waals surface area contributed by atoms with Crippen LogP contribution in [0.5, 0.6) is 0 Å². The van der Waals surface area contributed by atoms with Gasteiger partial charge in [-0.05, 0) is 36.4 Å². The molecule has 1 aromatic carbocycles. The van der Waals surface area contributed by atoms with Crippen LogP contribution in [-0.4, -0.2) is 27.8 Å². The molecule has 0 aliphatic rings. The molecule has 2 N–H and O–H groups in total. The Balaban J connectivity index is 2.24. The van der Waals surface area contributed by atoms with E-state index in [9.17, 15) is 14.3 Å². The van der Waals surface area contributed by atoms with Crippen LogP contribution in [0.4, 0.5) is 15.0 Å². The summed E-state index contributed by atoms with van der Waals surface area (Å²) in [7, 11) is 1.75. The van der Waals surface area contributed by atoms with Crippen molar-refractivity contribution >= 4 is 22.8 Å². The zero-order valence-corrected chi connectivity index (χ0v) is 11.2. The molecule has 2 aromatic heterocycles. The van der Waals surface area contributed by atoms with Crippen molar-refractivity contribution in [2.24, 2.45) is 0 Å². The molecule has 106 valence electrons. The number of pyridine rings is 1. The van der Waals surface area contributed by atoms with Crippen molar-refractivity contribution in [1.82, 2.24) is 9.55 Å². The Hall–Kier alpha value is -2.89. The number of aromatic nitrogens is 2. The van der Waals surface area contributed by atoms with Crippen molar-refractivity contribution in [1.29, 1.82) is 0 Å². The van der Waals surface area contributed by atoms with Gasteiger partial charge in [0.05, 0.1) is 11.2 Å². The maximum Gasteiger partial charge on any atom is 0.416 e. The summed E-state index contributed by atoms with van der Waals surface area (Å²) >= 11 is 0. The Kier molecular flexibility index (Phi) is 3.06. The summed E-state index contributed by atoms with van der Waals surface area (Å²) in [6, 6.07) is 9.17. The van der Waals surface area contributed by atoms with E-state index in [1.807, 2.05) is 0 Å². The van der Waals surface area contributed by atoms with Gasteiger partial charge < -0.3 is 10.4 Å². The third kappa shape index (κ3) is 2.20. The summed E-state index contributed by atoms with van der Waals surface area (Å²) < 4.78 is 14.4. The SMILES string of the molecule is CNc1ccc(-c2cc3cc(F)ccc3n2C(=O)O)cn1. The third-order valence-electron chi connectivity index (χ3n) is 3.27. The van der Waals surface area contributed by atoms with E-state index in [2.05, 4.69) is 10.3 Å². The van der Waals surface area contributed by atoms with Gasteiger partial charge in [-0.25, -0.2) is 18.7 Å². The minimum absolute atomic E-state index is 0.403. The number of rotatable bonds is 2. The number of hydrogen-bond donors (Lipinski definition) is 2. The van der Waals surface area contributed by atoms with E-state index in [0.717, 1.165) is 4.57 Å². The van der Waals surface area contributed by atoms with E-state index in [0.29, 0.717) is 28.0 Å². The Morgan fingerprint density at radius 1 is 1.29 bits per heavy atom. The van der Waals surface area contributed by atoms with Gasteiger partial charge in [-0.3, -0.25) is 0 Å². The summed E-state index contributed by atoms with van der Waals surface area (Å²) in [4.78, 5) is 15.7. The van der Waals surface area contributed by atoms with Crippen molar-refractivity contribution < 1.29 is 14.3 Å². The van der Waals surface area contributed by atoms with Gasteiger partial charge >= 0.3 is 6.09 Å². The summed E-state index contributed by atoms with van der Waals surface area (Å²) in [5, 5.41) is 12.8. The van der Waals surface area contributed by atoms with Gasteiger partial charge in [-0.1, -0.05) is 0 Å². The van der Waals surface area contributed by atoms with Crippen LogP contribution in [0.3, 0.4) is 0 Å². The van der Waals surface area contributed by atoms with Gasteiger partial charge in [-0.2, -0.15) is 0 Å². The van der Waals surface area contributed by atoms with E-state index >= 15 is 0 Å². The Morgan fingerprint density at radius 2 is 2.10 bits per heavy atom. The molecule has 0 unspecified atom stereocenters. The quantitative estimate of drug-likeness (QED) is 0.757. The molecule has 6 heteroatoms. The highest BCUT2D eigenvalue weighted by Gasteiger charge is 2.16. The second kappa shape index (κ2) is 4.90. The van der Waals surface area contributed by atoms with Gasteiger partial charge in [-0.15, -0.1) is 0 Å². The van der Waals surface area contributed by atoms with Crippen LogP contribution in [0.15, 0.2) is 42.6 Å². The van der Waals surface area contributed by atoms with Crippen molar-refractivity contribution in [3.8, 4) is 11.3 Å².